The fraction of sp³-hybridized carbons (Fsp3) is 0.625. The lowest BCUT2D eigenvalue weighted by atomic mass is 10.2. The van der Waals surface area contributed by atoms with Crippen molar-refractivity contribution < 1.29 is 19.5 Å². The molecule has 0 radical (unpaired) electrons. The van der Waals surface area contributed by atoms with Crippen molar-refractivity contribution in [3.8, 4) is 0 Å². The monoisotopic (exact) mass is 217 g/mol. The van der Waals surface area contributed by atoms with Gasteiger partial charge in [-0.25, -0.2) is 9.59 Å². The van der Waals surface area contributed by atoms with Crippen LogP contribution >= 0.6 is 0 Å². The second-order valence-corrected chi connectivity index (χ2v) is 2.80. The molecule has 3 amide bonds. The predicted molar refractivity (Wildman–Crippen MR) is 52.3 cm³/mol. The number of nitrogens with one attached hydrogen (secondary N) is 3. The van der Waals surface area contributed by atoms with Crippen LogP contribution in [0.25, 0.3) is 0 Å². The molecular weight excluding hydrogens is 202 g/mol. The molecule has 1 atom stereocenters. The Morgan fingerprint density at radius 1 is 1.33 bits per heavy atom. The molecule has 0 aromatic carbocycles. The summed E-state index contributed by atoms with van der Waals surface area (Å²) in [4.78, 5) is 32.3. The molecule has 7 nitrogen and oxygen atoms in total. The number of hydrogen-bond donors (Lipinski definition) is 4. The second-order valence-electron chi connectivity index (χ2n) is 2.80. The van der Waals surface area contributed by atoms with Crippen LogP contribution in [0.4, 0.5) is 4.79 Å². The second kappa shape index (κ2) is 6.63. The first-order valence-electron chi connectivity index (χ1n) is 4.49. The van der Waals surface area contributed by atoms with Gasteiger partial charge >= 0.3 is 12.0 Å². The van der Waals surface area contributed by atoms with Gasteiger partial charge in [-0.1, -0.05) is 6.92 Å². The van der Waals surface area contributed by atoms with Gasteiger partial charge in [-0.3, -0.25) is 4.79 Å². The number of carboxylic acids is 1. The van der Waals surface area contributed by atoms with Crippen molar-refractivity contribution in [3.63, 3.8) is 0 Å². The molecule has 4 N–H and O–H groups in total. The molecule has 0 unspecified atom stereocenters. The van der Waals surface area contributed by atoms with Gasteiger partial charge in [0, 0.05) is 7.05 Å². The maximum absolute atomic E-state index is 11.1. The summed E-state index contributed by atoms with van der Waals surface area (Å²) in [7, 11) is 1.44. The number of carbonyl (C=O) groups excluding carboxylic acids is 2. The lowest BCUT2D eigenvalue weighted by molar-refractivity contribution is -0.139. The van der Waals surface area contributed by atoms with Crippen molar-refractivity contribution in [2.45, 2.75) is 19.4 Å². The van der Waals surface area contributed by atoms with Gasteiger partial charge in [0.15, 0.2) is 0 Å². The zero-order valence-corrected chi connectivity index (χ0v) is 8.66. The van der Waals surface area contributed by atoms with Crippen molar-refractivity contribution in [3.05, 3.63) is 0 Å². The normalized spacial score (nSPS) is 11.3. The van der Waals surface area contributed by atoms with Crippen LogP contribution in [0.2, 0.25) is 0 Å². The van der Waals surface area contributed by atoms with Gasteiger partial charge in [-0.15, -0.1) is 0 Å². The van der Waals surface area contributed by atoms with Crippen LogP contribution in [-0.4, -0.2) is 42.6 Å². The van der Waals surface area contributed by atoms with Gasteiger partial charge in [0.25, 0.3) is 0 Å². The summed E-state index contributed by atoms with van der Waals surface area (Å²) < 4.78 is 0. The quantitative estimate of drug-likeness (QED) is 0.468. The van der Waals surface area contributed by atoms with E-state index in [1.807, 2.05) is 0 Å². The molecule has 0 spiro atoms. The van der Waals surface area contributed by atoms with Crippen molar-refractivity contribution >= 4 is 17.9 Å². The molecule has 0 aliphatic carbocycles. The fourth-order valence-electron chi connectivity index (χ4n) is 0.797. The van der Waals surface area contributed by atoms with E-state index in [-0.39, 0.29) is 18.9 Å². The van der Waals surface area contributed by atoms with Crippen LogP contribution in [0.15, 0.2) is 0 Å². The summed E-state index contributed by atoms with van der Waals surface area (Å²) in [5, 5.41) is 15.4. The van der Waals surface area contributed by atoms with Crippen molar-refractivity contribution in [2.75, 3.05) is 13.6 Å². The number of likely N-dealkylation sites (N-methyl/N-ethyl adjacent to an activating group) is 1. The fourth-order valence-corrected chi connectivity index (χ4v) is 0.797. The number of rotatable bonds is 5. The van der Waals surface area contributed by atoms with E-state index in [4.69, 9.17) is 5.11 Å². The Morgan fingerprint density at radius 2 is 1.93 bits per heavy atom. The molecule has 86 valence electrons. The third-order valence-electron chi connectivity index (χ3n) is 1.70. The van der Waals surface area contributed by atoms with Crippen molar-refractivity contribution in [2.24, 2.45) is 0 Å². The van der Waals surface area contributed by atoms with Crippen LogP contribution < -0.4 is 16.0 Å². The third kappa shape index (κ3) is 5.50. The highest BCUT2D eigenvalue weighted by atomic mass is 16.4. The molecule has 0 saturated carbocycles. The molecule has 0 aliphatic rings. The molecule has 0 aromatic rings. The van der Waals surface area contributed by atoms with Crippen molar-refractivity contribution in [1.82, 2.24) is 16.0 Å². The Balaban J connectivity index is 3.91. The number of hydrogen-bond acceptors (Lipinski definition) is 3. The number of aliphatic carboxylic acids is 1. The SMILES string of the molecule is CC[C@H](NC(=O)NCC(=O)NC)C(=O)O. The maximum Gasteiger partial charge on any atom is 0.326 e. The number of amides is 3. The standard InChI is InChI=1S/C8H15N3O4/c1-3-5(7(13)14)11-8(15)10-4-6(12)9-2/h5H,3-4H2,1-2H3,(H,9,12)(H,13,14)(H2,10,11,15)/t5-/m0/s1. The molecule has 0 fully saturated rings. The van der Waals surface area contributed by atoms with E-state index in [0.29, 0.717) is 0 Å². The highest BCUT2D eigenvalue weighted by molar-refractivity contribution is 5.86. The number of carboxylic acid groups (broad SMARTS) is 1. The minimum absolute atomic E-state index is 0.182. The first kappa shape index (κ1) is 13.2. The van der Waals surface area contributed by atoms with Crippen LogP contribution in [0.1, 0.15) is 13.3 Å². The Morgan fingerprint density at radius 3 is 2.33 bits per heavy atom. The molecule has 7 heteroatoms. The first-order chi connectivity index (χ1) is 7.01. The van der Waals surface area contributed by atoms with E-state index in [9.17, 15) is 14.4 Å². The maximum atomic E-state index is 11.1. The highest BCUT2D eigenvalue weighted by Gasteiger charge is 2.17. The molecule has 0 bridgehead atoms. The van der Waals surface area contributed by atoms with Crippen LogP contribution in [0.5, 0.6) is 0 Å². The lowest BCUT2D eigenvalue weighted by Crippen LogP contribution is -2.47. The van der Waals surface area contributed by atoms with Crippen LogP contribution in [0, 0.1) is 0 Å². The zero-order chi connectivity index (χ0) is 11.8. The van der Waals surface area contributed by atoms with E-state index < -0.39 is 18.0 Å². The Bertz CT molecular complexity index is 254. The minimum atomic E-state index is -1.10. The first-order valence-corrected chi connectivity index (χ1v) is 4.49. The highest BCUT2D eigenvalue weighted by Crippen LogP contribution is 1.89. The average molecular weight is 217 g/mol. The van der Waals surface area contributed by atoms with Gasteiger partial charge in [0.2, 0.25) is 5.91 Å². The summed E-state index contributed by atoms with van der Waals surface area (Å²) in [6.07, 6.45) is 0.280. The topological polar surface area (TPSA) is 108 Å². The van der Waals surface area contributed by atoms with E-state index in [1.165, 1.54) is 7.05 Å². The summed E-state index contributed by atoms with van der Waals surface area (Å²) in [5.41, 5.74) is 0. The van der Waals surface area contributed by atoms with E-state index in [0.717, 1.165) is 0 Å². The van der Waals surface area contributed by atoms with Crippen molar-refractivity contribution in [1.29, 1.82) is 0 Å². The molecule has 0 aliphatic heterocycles. The van der Waals surface area contributed by atoms with E-state index >= 15 is 0 Å². The Hall–Kier alpha value is -1.79. The Kier molecular flexibility index (Phi) is 5.84. The molecule has 0 aromatic heterocycles. The molecule has 0 saturated heterocycles. The van der Waals surface area contributed by atoms with Crippen LogP contribution in [-0.2, 0) is 9.59 Å². The minimum Gasteiger partial charge on any atom is -0.480 e. The summed E-state index contributed by atoms with van der Waals surface area (Å²) >= 11 is 0. The molecule has 0 heterocycles. The average Bonchev–Trinajstić information content (AvgIpc) is 2.21. The zero-order valence-electron chi connectivity index (χ0n) is 8.66. The largest absolute Gasteiger partial charge is 0.480 e. The van der Waals surface area contributed by atoms with E-state index in [2.05, 4.69) is 16.0 Å². The predicted octanol–water partition coefficient (Wildman–Crippen LogP) is -1.11. The van der Waals surface area contributed by atoms with Gasteiger partial charge in [-0.05, 0) is 6.42 Å². The number of carbonyl (C=O) groups is 3. The summed E-state index contributed by atoms with van der Waals surface area (Å²) in [6, 6.07) is -1.61. The molecule has 15 heavy (non-hydrogen) atoms. The lowest BCUT2D eigenvalue weighted by Gasteiger charge is -2.12. The number of urea groups is 1. The van der Waals surface area contributed by atoms with E-state index in [1.54, 1.807) is 6.92 Å². The Labute approximate surface area is 87.2 Å². The smallest absolute Gasteiger partial charge is 0.326 e. The van der Waals surface area contributed by atoms with Gasteiger partial charge in [0.05, 0.1) is 6.54 Å². The molecular formula is C8H15N3O4. The van der Waals surface area contributed by atoms with Gasteiger partial charge in [-0.2, -0.15) is 0 Å². The van der Waals surface area contributed by atoms with Crippen LogP contribution in [0.3, 0.4) is 0 Å². The van der Waals surface area contributed by atoms with Gasteiger partial charge < -0.3 is 21.1 Å². The third-order valence-corrected chi connectivity index (χ3v) is 1.70. The van der Waals surface area contributed by atoms with Gasteiger partial charge in [0.1, 0.15) is 6.04 Å². The molecule has 0 rings (SSSR count). The summed E-state index contributed by atoms with van der Waals surface area (Å²) in [6.45, 7) is 1.45. The summed E-state index contributed by atoms with van der Waals surface area (Å²) in [5.74, 6) is -1.46.